The van der Waals surface area contributed by atoms with Crippen molar-refractivity contribution in [2.24, 2.45) is 5.92 Å². The van der Waals surface area contributed by atoms with E-state index in [9.17, 15) is 9.59 Å². The number of aliphatic carboxylic acids is 1. The van der Waals surface area contributed by atoms with Gasteiger partial charge in [-0.15, -0.1) is 0 Å². The maximum atomic E-state index is 12.0. The summed E-state index contributed by atoms with van der Waals surface area (Å²) in [4.78, 5) is 22.5. The highest BCUT2D eigenvalue weighted by Crippen LogP contribution is 2.17. The predicted molar refractivity (Wildman–Crippen MR) is 70.5 cm³/mol. The van der Waals surface area contributed by atoms with Crippen molar-refractivity contribution in [2.75, 3.05) is 5.32 Å². The van der Waals surface area contributed by atoms with E-state index in [0.717, 1.165) is 11.3 Å². The van der Waals surface area contributed by atoms with Crippen LogP contribution in [0.25, 0.3) is 0 Å². The van der Waals surface area contributed by atoms with Crippen molar-refractivity contribution in [3.8, 4) is 0 Å². The molecule has 0 aromatic heterocycles. The quantitative estimate of drug-likeness (QED) is 0.814. The molecule has 0 radical (unpaired) electrons. The minimum atomic E-state index is -0.864. The molecule has 98 valence electrons. The molecule has 0 heterocycles. The molecule has 1 rings (SSSR count). The first-order valence-corrected chi connectivity index (χ1v) is 6.13. The lowest BCUT2D eigenvalue weighted by atomic mass is 9.99. The summed E-state index contributed by atoms with van der Waals surface area (Å²) in [6.45, 7) is 3.82. The average Bonchev–Trinajstić information content (AvgIpc) is 2.32. The lowest BCUT2D eigenvalue weighted by Crippen LogP contribution is -2.23. The zero-order valence-corrected chi connectivity index (χ0v) is 10.8. The number of amides is 1. The first-order valence-electron chi connectivity index (χ1n) is 6.13. The predicted octanol–water partition coefficient (Wildman–Crippen LogP) is 2.82. The maximum absolute atomic E-state index is 12.0. The van der Waals surface area contributed by atoms with Gasteiger partial charge in [-0.1, -0.05) is 25.1 Å². The van der Waals surface area contributed by atoms with Crippen LogP contribution in [-0.2, 0) is 9.59 Å². The number of nitrogens with one attached hydrogen (secondary N) is 1. The van der Waals surface area contributed by atoms with Crippen LogP contribution >= 0.6 is 0 Å². The molecule has 1 atom stereocenters. The Morgan fingerprint density at radius 2 is 2.00 bits per heavy atom. The van der Waals surface area contributed by atoms with E-state index in [1.807, 2.05) is 38.1 Å². The number of carboxylic acids is 1. The second-order valence-electron chi connectivity index (χ2n) is 4.34. The Morgan fingerprint density at radius 3 is 2.56 bits per heavy atom. The van der Waals surface area contributed by atoms with Gasteiger partial charge in [0.25, 0.3) is 0 Å². The lowest BCUT2D eigenvalue weighted by molar-refractivity contribution is -0.137. The van der Waals surface area contributed by atoms with Crippen molar-refractivity contribution in [3.05, 3.63) is 29.8 Å². The van der Waals surface area contributed by atoms with Gasteiger partial charge >= 0.3 is 5.97 Å². The monoisotopic (exact) mass is 249 g/mol. The molecule has 1 aromatic carbocycles. The fourth-order valence-electron chi connectivity index (χ4n) is 1.77. The normalized spacial score (nSPS) is 11.9. The Kier molecular flexibility index (Phi) is 5.36. The highest BCUT2D eigenvalue weighted by atomic mass is 16.4. The molecule has 1 unspecified atom stereocenters. The second-order valence-corrected chi connectivity index (χ2v) is 4.34. The van der Waals surface area contributed by atoms with Gasteiger partial charge in [-0.05, 0) is 31.4 Å². The Hall–Kier alpha value is -1.84. The van der Waals surface area contributed by atoms with Gasteiger partial charge in [0.1, 0.15) is 0 Å². The van der Waals surface area contributed by atoms with Crippen LogP contribution in [0.2, 0.25) is 0 Å². The van der Waals surface area contributed by atoms with Crippen LogP contribution in [0.1, 0.15) is 31.7 Å². The Balaban J connectivity index is 2.62. The van der Waals surface area contributed by atoms with E-state index in [1.165, 1.54) is 0 Å². The molecule has 0 saturated carbocycles. The van der Waals surface area contributed by atoms with E-state index in [2.05, 4.69) is 5.32 Å². The van der Waals surface area contributed by atoms with E-state index < -0.39 is 5.97 Å². The summed E-state index contributed by atoms with van der Waals surface area (Å²) >= 11 is 0. The lowest BCUT2D eigenvalue weighted by Gasteiger charge is -2.15. The zero-order chi connectivity index (χ0) is 13.5. The molecule has 1 aromatic rings. The number of hydrogen-bond donors (Lipinski definition) is 2. The van der Waals surface area contributed by atoms with Crippen LogP contribution < -0.4 is 5.32 Å². The van der Waals surface area contributed by atoms with Crippen molar-refractivity contribution >= 4 is 17.6 Å². The highest BCUT2D eigenvalue weighted by molar-refractivity contribution is 5.93. The fourth-order valence-corrected chi connectivity index (χ4v) is 1.77. The van der Waals surface area contributed by atoms with Gasteiger partial charge in [-0.3, -0.25) is 9.59 Å². The summed E-state index contributed by atoms with van der Waals surface area (Å²) in [5.41, 5.74) is 1.79. The van der Waals surface area contributed by atoms with Crippen LogP contribution in [-0.4, -0.2) is 17.0 Å². The number of para-hydroxylation sites is 1. The van der Waals surface area contributed by atoms with Crippen molar-refractivity contribution in [1.82, 2.24) is 0 Å². The summed E-state index contributed by atoms with van der Waals surface area (Å²) < 4.78 is 0. The molecule has 0 bridgehead atoms. The van der Waals surface area contributed by atoms with Gasteiger partial charge < -0.3 is 10.4 Å². The average molecular weight is 249 g/mol. The Labute approximate surface area is 107 Å². The molecule has 1 amide bonds. The zero-order valence-electron chi connectivity index (χ0n) is 10.8. The van der Waals surface area contributed by atoms with Gasteiger partial charge in [-0.25, -0.2) is 0 Å². The van der Waals surface area contributed by atoms with E-state index in [1.54, 1.807) is 0 Å². The number of rotatable bonds is 6. The third kappa shape index (κ3) is 4.20. The summed E-state index contributed by atoms with van der Waals surface area (Å²) in [5.74, 6) is -1.22. The fraction of sp³-hybridized carbons (Fsp3) is 0.429. The molecule has 0 aliphatic heterocycles. The van der Waals surface area contributed by atoms with Crippen LogP contribution in [0, 0.1) is 12.8 Å². The minimum absolute atomic E-state index is 0.0275. The van der Waals surface area contributed by atoms with Gasteiger partial charge in [0.05, 0.1) is 0 Å². The maximum Gasteiger partial charge on any atom is 0.303 e. The van der Waals surface area contributed by atoms with Crippen molar-refractivity contribution in [3.63, 3.8) is 0 Å². The molecule has 4 heteroatoms. The molecule has 0 fully saturated rings. The molecule has 0 aliphatic rings. The van der Waals surface area contributed by atoms with Gasteiger partial charge in [-0.2, -0.15) is 0 Å². The molecule has 0 aliphatic carbocycles. The molecule has 2 N–H and O–H groups in total. The van der Waals surface area contributed by atoms with Crippen LogP contribution in [0.15, 0.2) is 24.3 Å². The SMILES string of the molecule is CCC(CCC(=O)O)C(=O)Nc1ccccc1C. The molecule has 0 spiro atoms. The second kappa shape index (κ2) is 6.79. The molecule has 0 saturated heterocycles. The van der Waals surface area contributed by atoms with E-state index in [0.29, 0.717) is 12.8 Å². The number of carbonyl (C=O) groups excluding carboxylic acids is 1. The summed E-state index contributed by atoms with van der Waals surface area (Å²) in [6.07, 6.45) is 1.05. The third-order valence-electron chi connectivity index (χ3n) is 2.97. The smallest absolute Gasteiger partial charge is 0.303 e. The highest BCUT2D eigenvalue weighted by Gasteiger charge is 2.18. The number of carbonyl (C=O) groups is 2. The number of aryl methyl sites for hydroxylation is 1. The van der Waals surface area contributed by atoms with Crippen molar-refractivity contribution in [1.29, 1.82) is 0 Å². The van der Waals surface area contributed by atoms with Gasteiger partial charge in [0.15, 0.2) is 0 Å². The third-order valence-corrected chi connectivity index (χ3v) is 2.97. The number of benzene rings is 1. The Bertz CT molecular complexity index is 429. The summed E-state index contributed by atoms with van der Waals surface area (Å²) in [6, 6.07) is 7.54. The number of hydrogen-bond acceptors (Lipinski definition) is 2. The van der Waals surface area contributed by atoms with Crippen molar-refractivity contribution in [2.45, 2.75) is 33.1 Å². The van der Waals surface area contributed by atoms with Crippen LogP contribution in [0.4, 0.5) is 5.69 Å². The first kappa shape index (κ1) is 14.2. The van der Waals surface area contributed by atoms with Crippen molar-refractivity contribution < 1.29 is 14.7 Å². The molecule has 18 heavy (non-hydrogen) atoms. The largest absolute Gasteiger partial charge is 0.481 e. The van der Waals surface area contributed by atoms with Crippen LogP contribution in [0.3, 0.4) is 0 Å². The topological polar surface area (TPSA) is 66.4 Å². The molecular weight excluding hydrogens is 230 g/mol. The van der Waals surface area contributed by atoms with Crippen LogP contribution in [0.5, 0.6) is 0 Å². The minimum Gasteiger partial charge on any atom is -0.481 e. The summed E-state index contributed by atoms with van der Waals surface area (Å²) in [5, 5.41) is 11.5. The van der Waals surface area contributed by atoms with Gasteiger partial charge in [0.2, 0.25) is 5.91 Å². The first-order chi connectivity index (χ1) is 8.54. The van der Waals surface area contributed by atoms with Gasteiger partial charge in [0, 0.05) is 18.0 Å². The molecular formula is C14H19NO3. The number of carboxylic acid groups (broad SMARTS) is 1. The Morgan fingerprint density at radius 1 is 1.33 bits per heavy atom. The number of anilines is 1. The standard InChI is InChI=1S/C14H19NO3/c1-3-11(8-9-13(16)17)14(18)15-12-7-5-4-6-10(12)2/h4-7,11H,3,8-9H2,1-2H3,(H,15,18)(H,16,17). The van der Waals surface area contributed by atoms with E-state index in [4.69, 9.17) is 5.11 Å². The molecule has 4 nitrogen and oxygen atoms in total. The van der Waals surface area contributed by atoms with E-state index >= 15 is 0 Å². The van der Waals surface area contributed by atoms with E-state index in [-0.39, 0.29) is 18.2 Å². The summed E-state index contributed by atoms with van der Waals surface area (Å²) in [7, 11) is 0.